The Balaban J connectivity index is 1.21. The fourth-order valence-corrected chi connectivity index (χ4v) is 10.3. The van der Waals surface area contributed by atoms with Crippen molar-refractivity contribution in [3.05, 3.63) is 113 Å². The van der Waals surface area contributed by atoms with Gasteiger partial charge in [-0.05, 0) is 122 Å². The van der Waals surface area contributed by atoms with Crippen molar-refractivity contribution in [3.63, 3.8) is 0 Å². The number of aliphatic hydroxyl groups excluding tert-OH is 1. The molecule has 0 spiro atoms. The average Bonchev–Trinajstić information content (AvgIpc) is 3.63. The number of hydrogen-bond donors (Lipinski definition) is 4. The molecule has 0 radical (unpaired) electrons. The fourth-order valence-electron chi connectivity index (χ4n) is 10.3. The predicted molar refractivity (Wildman–Crippen MR) is 212 cm³/mol. The average molecular weight is 730 g/mol. The lowest BCUT2D eigenvalue weighted by atomic mass is 9.57. The van der Waals surface area contributed by atoms with Crippen LogP contribution in [0.1, 0.15) is 92.5 Å². The first-order valence-electron chi connectivity index (χ1n) is 20.4. The molecule has 4 aliphatic heterocycles. The van der Waals surface area contributed by atoms with E-state index in [4.69, 9.17) is 19.9 Å². The third-order valence-electron chi connectivity index (χ3n) is 13.2. The topological polar surface area (TPSA) is 111 Å². The van der Waals surface area contributed by atoms with Crippen LogP contribution in [-0.2, 0) is 34.3 Å². The third-order valence-corrected chi connectivity index (χ3v) is 13.2. The van der Waals surface area contributed by atoms with E-state index in [1.165, 1.54) is 16.7 Å². The molecule has 5 heterocycles. The maximum Gasteiger partial charge on any atom is 0.161 e. The van der Waals surface area contributed by atoms with Crippen molar-refractivity contribution in [2.45, 2.75) is 114 Å². The van der Waals surface area contributed by atoms with Gasteiger partial charge in [0.15, 0.2) is 11.5 Å². The summed E-state index contributed by atoms with van der Waals surface area (Å²) in [6.45, 7) is 4.00. The van der Waals surface area contributed by atoms with E-state index in [-0.39, 0.29) is 36.1 Å². The van der Waals surface area contributed by atoms with Crippen LogP contribution in [0.5, 0.6) is 11.5 Å². The highest BCUT2D eigenvalue weighted by Crippen LogP contribution is 2.52. The van der Waals surface area contributed by atoms with Crippen LogP contribution in [0.15, 0.2) is 84.7 Å². The van der Waals surface area contributed by atoms with Gasteiger partial charge in [0.1, 0.15) is 12.4 Å². The highest BCUT2D eigenvalue weighted by molar-refractivity contribution is 5.88. The number of aromatic nitrogens is 1. The Morgan fingerprint density at radius 3 is 2.81 bits per heavy atom. The van der Waals surface area contributed by atoms with Crippen LogP contribution in [-0.4, -0.2) is 52.5 Å². The Hall–Kier alpha value is -4.08. The Labute approximate surface area is 319 Å². The first-order chi connectivity index (χ1) is 26.4. The van der Waals surface area contributed by atoms with Crippen molar-refractivity contribution in [3.8, 4) is 11.5 Å². The number of nitrogens with zero attached hydrogens (tertiary/aromatic N) is 1. The van der Waals surface area contributed by atoms with Crippen LogP contribution in [0, 0.1) is 11.8 Å². The van der Waals surface area contributed by atoms with Gasteiger partial charge in [-0.25, -0.2) is 0 Å². The normalized spacial score (nSPS) is 29.7. The van der Waals surface area contributed by atoms with Crippen molar-refractivity contribution in [2.75, 3.05) is 13.2 Å². The summed E-state index contributed by atoms with van der Waals surface area (Å²) in [5.41, 5.74) is 13.7. The number of hydrogen-bond acceptors (Lipinski definition) is 7. The minimum atomic E-state index is -0.502. The summed E-state index contributed by atoms with van der Waals surface area (Å²) >= 11 is 0. The van der Waals surface area contributed by atoms with E-state index in [1.54, 1.807) is 6.07 Å². The van der Waals surface area contributed by atoms with Crippen molar-refractivity contribution in [1.29, 1.82) is 0 Å². The minimum absolute atomic E-state index is 0.0383. The lowest BCUT2D eigenvalue weighted by molar-refractivity contribution is -0.0873. The Kier molecular flexibility index (Phi) is 9.81. The van der Waals surface area contributed by atoms with Crippen LogP contribution >= 0.6 is 0 Å². The number of unbranched alkanes of at least 4 members (excludes halogenated alkanes) is 1. The number of aryl methyl sites for hydroxylation is 2. The number of nitrogens with two attached hydrogens (primary N) is 1. The molecule has 4 aromatic rings. The van der Waals surface area contributed by atoms with E-state index in [9.17, 15) is 10.2 Å². The first kappa shape index (κ1) is 35.6. The molecular weight excluding hydrogens is 675 g/mol. The van der Waals surface area contributed by atoms with Gasteiger partial charge < -0.3 is 40.0 Å². The van der Waals surface area contributed by atoms with Crippen molar-refractivity contribution in [2.24, 2.45) is 17.6 Å². The molecule has 284 valence electrons. The second-order valence-corrected chi connectivity index (χ2v) is 16.5. The Bertz CT molecular complexity index is 2070. The predicted octanol–water partition coefficient (Wildman–Crippen LogP) is 7.86. The molecular formula is C46H55N3O5. The lowest BCUT2D eigenvalue weighted by Gasteiger charge is -2.49. The molecule has 8 heteroatoms. The Morgan fingerprint density at radius 2 is 1.91 bits per heavy atom. The molecule has 2 fully saturated rings. The third kappa shape index (κ3) is 6.55. The summed E-state index contributed by atoms with van der Waals surface area (Å²) in [7, 11) is 0. The molecule has 7 atom stereocenters. The number of fused-ring (bicyclic) bond motifs is 10. The molecule has 2 saturated heterocycles. The minimum Gasteiger partial charge on any atom is -0.504 e. The van der Waals surface area contributed by atoms with E-state index in [1.807, 2.05) is 18.2 Å². The van der Waals surface area contributed by atoms with Gasteiger partial charge in [-0.3, -0.25) is 0 Å². The molecule has 3 aromatic carbocycles. The number of phenolic OH excluding ortho intramolecular Hbond substituents is 1. The zero-order valence-corrected chi connectivity index (χ0v) is 31.5. The van der Waals surface area contributed by atoms with Crippen molar-refractivity contribution >= 4 is 16.6 Å². The molecule has 5 aliphatic rings. The van der Waals surface area contributed by atoms with Gasteiger partial charge in [0.2, 0.25) is 0 Å². The highest BCUT2D eigenvalue weighted by Gasteiger charge is 2.47. The van der Waals surface area contributed by atoms with Gasteiger partial charge >= 0.3 is 0 Å². The van der Waals surface area contributed by atoms with E-state index in [2.05, 4.69) is 71.7 Å². The van der Waals surface area contributed by atoms with Crippen LogP contribution in [0.25, 0.3) is 16.6 Å². The second-order valence-electron chi connectivity index (χ2n) is 16.5. The monoisotopic (exact) mass is 729 g/mol. The molecule has 5 N–H and O–H groups in total. The molecule has 8 nitrogen and oxygen atoms in total. The number of aromatic hydroxyl groups is 1. The van der Waals surface area contributed by atoms with Crippen molar-refractivity contribution in [1.82, 2.24) is 9.88 Å². The lowest BCUT2D eigenvalue weighted by Crippen LogP contribution is -2.47. The molecule has 1 aromatic heterocycles. The van der Waals surface area contributed by atoms with E-state index < -0.39 is 6.10 Å². The van der Waals surface area contributed by atoms with Crippen LogP contribution in [0.3, 0.4) is 0 Å². The summed E-state index contributed by atoms with van der Waals surface area (Å²) in [5.74, 6) is 2.29. The Morgan fingerprint density at radius 1 is 1.00 bits per heavy atom. The van der Waals surface area contributed by atoms with Crippen molar-refractivity contribution < 1.29 is 24.4 Å². The fraction of sp³-hybridized carbons (Fsp3) is 0.478. The number of aliphatic hydroxyl groups is 1. The smallest absolute Gasteiger partial charge is 0.161 e. The largest absolute Gasteiger partial charge is 0.504 e. The standard InChI is InChI=1S/C46H55N3O5/c1-2-3-6-31-12-17-41-37-15-18-44(47)48-45(37)49-25-32-22-35(46-19-20-52-28-34(46)13-11-30-7-4-5-8-39(30)46)23-33(38(32)26-49)27-53-43-21-29(10-16-40(43)51)9-14-36(50)24-42(31)54-41/h4-5,7-8,10,15-16,18,21-23,25-26,31,34,36,41-42,44,48,50-51H,2-3,6,9,11-14,17,19-20,24,27-28,47H2,1H3/t31-,34-,36-,41-,42-,44?,46-/m1/s1. The summed E-state index contributed by atoms with van der Waals surface area (Å²) in [6.07, 6.45) is 18.0. The summed E-state index contributed by atoms with van der Waals surface area (Å²) in [6, 6.07) is 19.4. The molecule has 6 bridgehead atoms. The van der Waals surface area contributed by atoms with Crippen LogP contribution < -0.4 is 15.8 Å². The van der Waals surface area contributed by atoms with Gasteiger partial charge in [-0.2, -0.15) is 0 Å². The maximum absolute atomic E-state index is 11.4. The summed E-state index contributed by atoms with van der Waals surface area (Å²) < 4.78 is 22.0. The molecule has 1 aliphatic carbocycles. The summed E-state index contributed by atoms with van der Waals surface area (Å²) in [5, 5.41) is 28.2. The zero-order chi connectivity index (χ0) is 36.8. The second kappa shape index (κ2) is 14.9. The number of dihydropyridines is 1. The quantitative estimate of drug-likeness (QED) is 0.169. The van der Waals surface area contributed by atoms with E-state index in [0.717, 1.165) is 97.9 Å². The first-order valence-corrected chi connectivity index (χ1v) is 20.4. The van der Waals surface area contributed by atoms with Gasteiger partial charge in [0, 0.05) is 40.8 Å². The number of benzene rings is 3. The number of phenols is 1. The SMILES string of the molecule is CCCC[C@@H]1CC[C@H]2O[C@@H]1C[C@H](O)CCc1ccc(O)c(c1)OCc1cc([C@@]34CCOC[C@H]3CCc3ccccc34)cc3cn(cc13)C1=C2C=CC(N)N1. The van der Waals surface area contributed by atoms with Gasteiger partial charge in [-0.15, -0.1) is 0 Å². The number of ether oxygens (including phenoxy) is 3. The molecule has 9 rings (SSSR count). The maximum atomic E-state index is 11.4. The zero-order valence-electron chi connectivity index (χ0n) is 31.5. The van der Waals surface area contributed by atoms with Crippen LogP contribution in [0.2, 0.25) is 0 Å². The van der Waals surface area contributed by atoms with E-state index >= 15 is 0 Å². The van der Waals surface area contributed by atoms with Crippen LogP contribution in [0.4, 0.5) is 0 Å². The summed E-state index contributed by atoms with van der Waals surface area (Å²) in [4.78, 5) is 0. The van der Waals surface area contributed by atoms with Gasteiger partial charge in [-0.1, -0.05) is 62.2 Å². The van der Waals surface area contributed by atoms with E-state index in [0.29, 0.717) is 36.8 Å². The van der Waals surface area contributed by atoms with Gasteiger partial charge in [0.25, 0.3) is 0 Å². The number of rotatable bonds is 4. The molecule has 0 saturated carbocycles. The van der Waals surface area contributed by atoms with Gasteiger partial charge in [0.05, 0.1) is 31.1 Å². The molecule has 54 heavy (non-hydrogen) atoms. The molecule has 1 unspecified atom stereocenters. The highest BCUT2D eigenvalue weighted by atomic mass is 16.5. The number of nitrogens with one attached hydrogen (secondary N) is 1. The molecule has 0 amide bonds.